The van der Waals surface area contributed by atoms with Gasteiger partial charge in [-0.1, -0.05) is 0 Å². The Hall–Kier alpha value is -3.74. The van der Waals surface area contributed by atoms with Gasteiger partial charge < -0.3 is 30.9 Å². The largest absolute Gasteiger partial charge is 0.381 e. The van der Waals surface area contributed by atoms with Crippen molar-refractivity contribution in [3.63, 3.8) is 0 Å². The highest BCUT2D eigenvalue weighted by Gasteiger charge is 2.27. The third kappa shape index (κ3) is 6.50. The highest BCUT2D eigenvalue weighted by atomic mass is 16.5. The van der Waals surface area contributed by atoms with E-state index >= 15 is 0 Å². The molecule has 3 aliphatic rings. The average Bonchev–Trinajstić information content (AvgIpc) is 3.44. The molecule has 0 atom stereocenters. The Bertz CT molecular complexity index is 1350. The molecule has 0 spiro atoms. The number of amides is 1. The summed E-state index contributed by atoms with van der Waals surface area (Å²) < 4.78 is 7.22. The zero-order valence-electron chi connectivity index (χ0n) is 24.6. The van der Waals surface area contributed by atoms with Gasteiger partial charge in [0.15, 0.2) is 17.3 Å². The lowest BCUT2D eigenvalue weighted by Gasteiger charge is -2.42. The molecule has 224 valence electrons. The molecule has 3 aliphatic heterocycles. The maximum Gasteiger partial charge on any atom is 0.271 e. The molecule has 3 saturated heterocycles. The highest BCUT2D eigenvalue weighted by Crippen LogP contribution is 2.31. The van der Waals surface area contributed by atoms with Crippen molar-refractivity contribution in [2.75, 3.05) is 75.1 Å². The van der Waals surface area contributed by atoms with Crippen LogP contribution in [0.1, 0.15) is 36.2 Å². The summed E-state index contributed by atoms with van der Waals surface area (Å²) in [5, 5.41) is 11.3. The normalized spacial score (nSPS) is 19.6. The van der Waals surface area contributed by atoms with Gasteiger partial charge in [-0.05, 0) is 63.1 Å². The summed E-state index contributed by atoms with van der Waals surface area (Å²) in [6.45, 7) is 8.15. The second-order valence-corrected chi connectivity index (χ2v) is 11.6. The number of carbonyl (C=O) groups excluding carboxylic acids is 1. The topological polar surface area (TPSA) is 130 Å². The maximum absolute atomic E-state index is 12.5. The van der Waals surface area contributed by atoms with Crippen molar-refractivity contribution < 1.29 is 9.53 Å². The molecule has 0 aliphatic carbocycles. The third-order valence-electron chi connectivity index (χ3n) is 8.66. The highest BCUT2D eigenvalue weighted by molar-refractivity contribution is 5.97. The molecule has 3 fully saturated rings. The maximum atomic E-state index is 12.5. The summed E-state index contributed by atoms with van der Waals surface area (Å²) in [5.41, 5.74) is 8.99. The van der Waals surface area contributed by atoms with E-state index in [1.54, 1.807) is 4.68 Å². The van der Waals surface area contributed by atoms with Gasteiger partial charge in [0, 0.05) is 89.2 Å². The van der Waals surface area contributed by atoms with Crippen molar-refractivity contribution in [2.24, 2.45) is 12.8 Å². The number of hydrogen-bond donors (Lipinski definition) is 3. The Kier molecular flexibility index (Phi) is 8.54. The number of benzene rings is 1. The Morgan fingerprint density at radius 2 is 1.62 bits per heavy atom. The van der Waals surface area contributed by atoms with Crippen molar-refractivity contribution in [3.05, 3.63) is 42.2 Å². The number of aromatic nitrogens is 4. The number of carbonyl (C=O) groups is 1. The molecule has 2 aromatic heterocycles. The second-order valence-electron chi connectivity index (χ2n) is 11.6. The van der Waals surface area contributed by atoms with Crippen LogP contribution in [0.5, 0.6) is 0 Å². The number of likely N-dealkylation sites (N-methyl/N-ethyl adjacent to an activating group) is 1. The number of piperidine rings is 1. The number of primary amides is 1. The number of nitrogens with one attached hydrogen (secondary N) is 2. The van der Waals surface area contributed by atoms with Crippen LogP contribution in [-0.2, 0) is 11.8 Å². The van der Waals surface area contributed by atoms with Gasteiger partial charge in [-0.2, -0.15) is 5.10 Å². The average molecular weight is 575 g/mol. The van der Waals surface area contributed by atoms with E-state index in [2.05, 4.69) is 54.6 Å². The van der Waals surface area contributed by atoms with E-state index in [0.29, 0.717) is 42.3 Å². The van der Waals surface area contributed by atoms with Gasteiger partial charge in [0.05, 0.1) is 0 Å². The van der Waals surface area contributed by atoms with Gasteiger partial charge in [-0.3, -0.25) is 14.4 Å². The molecule has 0 bridgehead atoms. The zero-order chi connectivity index (χ0) is 29.1. The number of rotatable bonds is 8. The van der Waals surface area contributed by atoms with Crippen LogP contribution >= 0.6 is 0 Å². The Labute approximate surface area is 247 Å². The number of ether oxygens (including phenoxy) is 1. The Morgan fingerprint density at radius 1 is 0.905 bits per heavy atom. The van der Waals surface area contributed by atoms with Crippen molar-refractivity contribution in [3.8, 4) is 11.4 Å². The predicted octanol–water partition coefficient (Wildman–Crippen LogP) is 2.53. The van der Waals surface area contributed by atoms with Gasteiger partial charge in [-0.15, -0.1) is 0 Å². The van der Waals surface area contributed by atoms with Crippen LogP contribution in [0.3, 0.4) is 0 Å². The Morgan fingerprint density at radius 3 is 2.26 bits per heavy atom. The van der Waals surface area contributed by atoms with Crippen LogP contribution in [0.4, 0.5) is 23.0 Å². The van der Waals surface area contributed by atoms with Crippen LogP contribution in [-0.4, -0.2) is 107 Å². The first-order valence-corrected chi connectivity index (χ1v) is 15.0. The first-order chi connectivity index (χ1) is 20.4. The number of piperazine rings is 1. The Balaban J connectivity index is 1.18. The fourth-order valence-electron chi connectivity index (χ4n) is 6.12. The summed E-state index contributed by atoms with van der Waals surface area (Å²) in [7, 11) is 4.05. The SMILES string of the molecule is CN1CCN(C2CCN(c3ccc(Nc4nc(NC5CCOCC5)c(-c5ccn(C)n5)nc4C(N)=O)cc3)CC2)CC1. The fraction of sp³-hybridized carbons (Fsp3) is 0.533. The van der Waals surface area contributed by atoms with Crippen molar-refractivity contribution in [1.29, 1.82) is 0 Å². The van der Waals surface area contributed by atoms with Crippen LogP contribution in [0.15, 0.2) is 36.5 Å². The lowest BCUT2D eigenvalue weighted by Crippen LogP contribution is -2.52. The molecule has 6 rings (SSSR count). The molecule has 4 N–H and O–H groups in total. The molecule has 1 aromatic carbocycles. The first-order valence-electron chi connectivity index (χ1n) is 15.0. The molecular weight excluding hydrogens is 532 g/mol. The minimum absolute atomic E-state index is 0.0724. The second kappa shape index (κ2) is 12.6. The van der Waals surface area contributed by atoms with Gasteiger partial charge in [0.25, 0.3) is 5.91 Å². The van der Waals surface area contributed by atoms with E-state index in [1.165, 1.54) is 31.6 Å². The molecule has 12 heteroatoms. The smallest absolute Gasteiger partial charge is 0.271 e. The van der Waals surface area contributed by atoms with Crippen LogP contribution in [0.2, 0.25) is 0 Å². The van der Waals surface area contributed by atoms with Crippen LogP contribution in [0.25, 0.3) is 11.4 Å². The lowest BCUT2D eigenvalue weighted by molar-refractivity contribution is 0.0904. The van der Waals surface area contributed by atoms with E-state index in [1.807, 2.05) is 31.4 Å². The van der Waals surface area contributed by atoms with Crippen molar-refractivity contribution in [2.45, 2.75) is 37.8 Å². The summed E-state index contributed by atoms with van der Waals surface area (Å²) in [6.07, 6.45) is 5.93. The predicted molar refractivity (Wildman–Crippen MR) is 164 cm³/mol. The van der Waals surface area contributed by atoms with E-state index in [9.17, 15) is 4.79 Å². The minimum Gasteiger partial charge on any atom is -0.381 e. The summed E-state index contributed by atoms with van der Waals surface area (Å²) >= 11 is 0. The molecule has 42 heavy (non-hydrogen) atoms. The molecule has 5 heterocycles. The summed E-state index contributed by atoms with van der Waals surface area (Å²) in [5.74, 6) is 0.227. The monoisotopic (exact) mass is 574 g/mol. The van der Waals surface area contributed by atoms with Gasteiger partial charge in [0.1, 0.15) is 11.4 Å². The van der Waals surface area contributed by atoms with E-state index in [4.69, 9.17) is 15.5 Å². The standard InChI is InChI=1S/C30H42N10O2/c1-37-15-17-40(18-16-37)24-7-13-39(14-8-24)23-5-3-21(4-6-23)32-30-27(28(31)41)34-26(25-9-12-38(2)36-25)29(35-30)33-22-10-19-42-20-11-22/h3-6,9,12,22,24H,7-8,10-11,13-20H2,1-2H3,(H2,31,41)(H2,32,33,35). The molecule has 0 saturated carbocycles. The van der Waals surface area contributed by atoms with Crippen LogP contribution in [0, 0.1) is 0 Å². The zero-order valence-corrected chi connectivity index (χ0v) is 24.6. The third-order valence-corrected chi connectivity index (χ3v) is 8.66. The minimum atomic E-state index is -0.653. The van der Waals surface area contributed by atoms with E-state index in [-0.39, 0.29) is 11.7 Å². The number of nitrogens with two attached hydrogens (primary N) is 1. The van der Waals surface area contributed by atoms with Crippen molar-refractivity contribution in [1.82, 2.24) is 29.5 Å². The molecule has 12 nitrogen and oxygen atoms in total. The van der Waals surface area contributed by atoms with Gasteiger partial charge in [0.2, 0.25) is 0 Å². The van der Waals surface area contributed by atoms with E-state index < -0.39 is 5.91 Å². The molecule has 3 aromatic rings. The fourth-order valence-corrected chi connectivity index (χ4v) is 6.12. The van der Waals surface area contributed by atoms with Crippen LogP contribution < -0.4 is 21.3 Å². The molecular formula is C30H42N10O2. The molecule has 0 unspecified atom stereocenters. The number of hydrogen-bond acceptors (Lipinski definition) is 10. The van der Waals surface area contributed by atoms with Crippen molar-refractivity contribution >= 4 is 28.9 Å². The van der Waals surface area contributed by atoms with Gasteiger partial charge in [-0.25, -0.2) is 9.97 Å². The number of nitrogens with zero attached hydrogens (tertiary/aromatic N) is 7. The number of aryl methyl sites for hydroxylation is 1. The van der Waals surface area contributed by atoms with Gasteiger partial charge >= 0.3 is 0 Å². The lowest BCUT2D eigenvalue weighted by atomic mass is 10.0. The number of anilines is 4. The molecule has 0 radical (unpaired) electrons. The first kappa shape index (κ1) is 28.4. The van der Waals surface area contributed by atoms with E-state index in [0.717, 1.165) is 44.7 Å². The quantitative estimate of drug-likeness (QED) is 0.369. The summed E-state index contributed by atoms with van der Waals surface area (Å²) in [4.78, 5) is 29.6. The molecule has 1 amide bonds. The summed E-state index contributed by atoms with van der Waals surface area (Å²) in [6, 6.07) is 11.0.